The number of hydrogen-bond acceptors (Lipinski definition) is 2. The summed E-state index contributed by atoms with van der Waals surface area (Å²) in [5, 5.41) is 0. The maximum absolute atomic E-state index is 11.5. The van der Waals surface area contributed by atoms with Crippen LogP contribution in [0.15, 0.2) is 42.5 Å². The minimum Gasteiger partial charge on any atom is -0.312 e. The van der Waals surface area contributed by atoms with Crippen molar-refractivity contribution >= 4 is 17.4 Å². The topological polar surface area (TPSA) is 37.4 Å². The first-order valence-electron chi connectivity index (χ1n) is 4.62. The van der Waals surface area contributed by atoms with Crippen molar-refractivity contribution in [2.75, 3.05) is 11.9 Å². The van der Waals surface area contributed by atoms with E-state index in [0.29, 0.717) is 0 Å². The Morgan fingerprint density at radius 1 is 1.13 bits per heavy atom. The van der Waals surface area contributed by atoms with Crippen molar-refractivity contribution in [1.29, 1.82) is 0 Å². The minimum absolute atomic E-state index is 0.134. The molecule has 0 N–H and O–H groups in total. The smallest absolute Gasteiger partial charge is 0.250 e. The molecule has 3 heteroatoms. The summed E-state index contributed by atoms with van der Waals surface area (Å²) in [4.78, 5) is 23.7. The van der Waals surface area contributed by atoms with E-state index >= 15 is 0 Å². The maximum Gasteiger partial charge on any atom is 0.250 e. The van der Waals surface area contributed by atoms with Gasteiger partial charge in [-0.25, -0.2) is 0 Å². The summed E-state index contributed by atoms with van der Waals surface area (Å²) in [7, 11) is 1.67. The van der Waals surface area contributed by atoms with Crippen molar-refractivity contribution in [2.45, 2.75) is 6.92 Å². The van der Waals surface area contributed by atoms with Crippen LogP contribution in [0.3, 0.4) is 0 Å². The standard InChI is InChI=1S/C12H13NO2/c1-10(14)8-9-12(15)13(2)11-6-4-3-5-7-11/h3-9H,1-2H3/b9-8+. The summed E-state index contributed by atoms with van der Waals surface area (Å²) in [6, 6.07) is 9.26. The summed E-state index contributed by atoms with van der Waals surface area (Å²) in [5.74, 6) is -0.346. The first-order valence-corrected chi connectivity index (χ1v) is 4.62. The summed E-state index contributed by atoms with van der Waals surface area (Å²) < 4.78 is 0. The molecule has 0 unspecified atom stereocenters. The van der Waals surface area contributed by atoms with Gasteiger partial charge in [0.15, 0.2) is 5.78 Å². The highest BCUT2D eigenvalue weighted by Gasteiger charge is 2.06. The fourth-order valence-electron chi connectivity index (χ4n) is 1.08. The molecule has 1 aromatic carbocycles. The monoisotopic (exact) mass is 203 g/mol. The summed E-state index contributed by atoms with van der Waals surface area (Å²) in [5.41, 5.74) is 0.802. The molecule has 0 bridgehead atoms. The predicted molar refractivity (Wildman–Crippen MR) is 59.7 cm³/mol. The molecule has 15 heavy (non-hydrogen) atoms. The number of benzene rings is 1. The molecule has 0 aromatic heterocycles. The van der Waals surface area contributed by atoms with E-state index in [2.05, 4.69) is 0 Å². The average molecular weight is 203 g/mol. The lowest BCUT2D eigenvalue weighted by atomic mass is 10.3. The Kier molecular flexibility index (Phi) is 3.80. The molecule has 1 aromatic rings. The first-order chi connectivity index (χ1) is 7.11. The number of para-hydroxylation sites is 1. The zero-order chi connectivity index (χ0) is 11.3. The van der Waals surface area contributed by atoms with Crippen LogP contribution in [0.1, 0.15) is 6.92 Å². The van der Waals surface area contributed by atoms with Gasteiger partial charge in [0.2, 0.25) is 0 Å². The fourth-order valence-corrected chi connectivity index (χ4v) is 1.08. The highest BCUT2D eigenvalue weighted by Crippen LogP contribution is 2.11. The molecule has 0 spiro atoms. The van der Waals surface area contributed by atoms with Gasteiger partial charge in [0.1, 0.15) is 0 Å². The number of likely N-dealkylation sites (N-methyl/N-ethyl adjacent to an activating group) is 1. The van der Waals surface area contributed by atoms with Crippen molar-refractivity contribution in [2.24, 2.45) is 0 Å². The van der Waals surface area contributed by atoms with Gasteiger partial charge in [0, 0.05) is 18.8 Å². The van der Waals surface area contributed by atoms with Crippen LogP contribution in [0.5, 0.6) is 0 Å². The summed E-state index contributed by atoms with van der Waals surface area (Å²) in [6.07, 6.45) is 2.54. The molecule has 0 aliphatic carbocycles. The normalized spacial score (nSPS) is 10.3. The van der Waals surface area contributed by atoms with Crippen LogP contribution in [0.2, 0.25) is 0 Å². The van der Waals surface area contributed by atoms with Crippen LogP contribution in [0.25, 0.3) is 0 Å². The molecule has 0 aliphatic heterocycles. The van der Waals surface area contributed by atoms with Crippen molar-refractivity contribution in [3.8, 4) is 0 Å². The zero-order valence-electron chi connectivity index (χ0n) is 8.81. The SMILES string of the molecule is CC(=O)/C=C/C(=O)N(C)c1ccccc1. The molecule has 0 saturated carbocycles. The Balaban J connectivity index is 2.74. The van der Waals surface area contributed by atoms with Crippen molar-refractivity contribution in [3.63, 3.8) is 0 Å². The van der Waals surface area contributed by atoms with E-state index in [1.165, 1.54) is 24.0 Å². The van der Waals surface area contributed by atoms with Crippen LogP contribution in [-0.2, 0) is 9.59 Å². The second-order valence-electron chi connectivity index (χ2n) is 3.18. The number of anilines is 1. The number of amides is 1. The molecule has 0 fully saturated rings. The van der Waals surface area contributed by atoms with Crippen LogP contribution >= 0.6 is 0 Å². The van der Waals surface area contributed by atoms with E-state index in [4.69, 9.17) is 0 Å². The van der Waals surface area contributed by atoms with Gasteiger partial charge in [-0.2, -0.15) is 0 Å². The van der Waals surface area contributed by atoms with Gasteiger partial charge in [-0.05, 0) is 25.1 Å². The van der Waals surface area contributed by atoms with Gasteiger partial charge in [0.05, 0.1) is 0 Å². The van der Waals surface area contributed by atoms with Crippen LogP contribution < -0.4 is 4.90 Å². The van der Waals surface area contributed by atoms with Gasteiger partial charge in [-0.1, -0.05) is 18.2 Å². The third-order valence-electron chi connectivity index (χ3n) is 1.93. The fraction of sp³-hybridized carbons (Fsp3) is 0.167. The quantitative estimate of drug-likeness (QED) is 0.702. The van der Waals surface area contributed by atoms with Gasteiger partial charge in [-0.15, -0.1) is 0 Å². The lowest BCUT2D eigenvalue weighted by Crippen LogP contribution is -2.23. The van der Waals surface area contributed by atoms with E-state index in [9.17, 15) is 9.59 Å². The van der Waals surface area contributed by atoms with E-state index in [1.54, 1.807) is 7.05 Å². The number of ketones is 1. The maximum atomic E-state index is 11.5. The summed E-state index contributed by atoms with van der Waals surface area (Å²) in [6.45, 7) is 1.41. The Bertz CT molecular complexity index is 382. The molecule has 0 radical (unpaired) electrons. The van der Waals surface area contributed by atoms with Crippen molar-refractivity contribution in [3.05, 3.63) is 42.5 Å². The summed E-state index contributed by atoms with van der Waals surface area (Å²) >= 11 is 0. The van der Waals surface area contributed by atoms with Gasteiger partial charge in [0.25, 0.3) is 5.91 Å². The molecule has 1 amide bonds. The number of allylic oxidation sites excluding steroid dienone is 1. The van der Waals surface area contributed by atoms with E-state index < -0.39 is 0 Å². The highest BCUT2D eigenvalue weighted by atomic mass is 16.2. The average Bonchev–Trinajstić information content (AvgIpc) is 2.26. The highest BCUT2D eigenvalue weighted by molar-refractivity contribution is 6.04. The van der Waals surface area contributed by atoms with Crippen molar-refractivity contribution in [1.82, 2.24) is 0 Å². The molecular formula is C12H13NO2. The third-order valence-corrected chi connectivity index (χ3v) is 1.93. The molecule has 3 nitrogen and oxygen atoms in total. The third kappa shape index (κ3) is 3.38. The zero-order valence-corrected chi connectivity index (χ0v) is 8.81. The van der Waals surface area contributed by atoms with Gasteiger partial charge < -0.3 is 4.90 Å². The Hall–Kier alpha value is -1.90. The lowest BCUT2D eigenvalue weighted by Gasteiger charge is -2.14. The second kappa shape index (κ2) is 5.10. The number of carbonyl (C=O) groups is 2. The molecule has 0 aliphatic rings. The number of nitrogens with zero attached hydrogens (tertiary/aromatic N) is 1. The first kappa shape index (κ1) is 11.2. The molecular weight excluding hydrogens is 190 g/mol. The second-order valence-corrected chi connectivity index (χ2v) is 3.18. The minimum atomic E-state index is -0.212. The van der Waals surface area contributed by atoms with Crippen LogP contribution in [0, 0.1) is 0 Å². The van der Waals surface area contributed by atoms with Gasteiger partial charge in [-0.3, -0.25) is 9.59 Å². The number of hydrogen-bond donors (Lipinski definition) is 0. The van der Waals surface area contributed by atoms with Crippen LogP contribution in [0.4, 0.5) is 5.69 Å². The Labute approximate surface area is 89.0 Å². The van der Waals surface area contributed by atoms with Crippen molar-refractivity contribution < 1.29 is 9.59 Å². The Morgan fingerprint density at radius 3 is 2.27 bits per heavy atom. The lowest BCUT2D eigenvalue weighted by molar-refractivity contribution is -0.115. The van der Waals surface area contributed by atoms with Gasteiger partial charge >= 0.3 is 0 Å². The molecule has 0 saturated heterocycles. The largest absolute Gasteiger partial charge is 0.312 e. The van der Waals surface area contributed by atoms with Crippen LogP contribution in [-0.4, -0.2) is 18.7 Å². The molecule has 0 atom stereocenters. The molecule has 0 heterocycles. The van der Waals surface area contributed by atoms with E-state index in [1.807, 2.05) is 30.3 Å². The predicted octanol–water partition coefficient (Wildman–Crippen LogP) is 1.79. The van der Waals surface area contributed by atoms with E-state index in [-0.39, 0.29) is 11.7 Å². The Morgan fingerprint density at radius 2 is 1.73 bits per heavy atom. The number of rotatable bonds is 3. The molecule has 78 valence electrons. The molecule has 1 rings (SSSR count). The van der Waals surface area contributed by atoms with E-state index in [0.717, 1.165) is 5.69 Å². The number of carbonyl (C=O) groups excluding carboxylic acids is 2.